The molecule has 0 fully saturated rings. The van der Waals surface area contributed by atoms with Crippen LogP contribution in [0.2, 0.25) is 0 Å². The lowest BCUT2D eigenvalue weighted by molar-refractivity contribution is 0.0949. The van der Waals surface area contributed by atoms with Crippen LogP contribution in [0.3, 0.4) is 0 Å². The number of halogens is 1. The van der Waals surface area contributed by atoms with Gasteiger partial charge in [0.15, 0.2) is 0 Å². The number of carbonyl (C=O) groups excluding carboxylic acids is 1. The highest BCUT2D eigenvalue weighted by Crippen LogP contribution is 2.15. The molecule has 2 heterocycles. The number of aromatic nitrogens is 2. The van der Waals surface area contributed by atoms with Gasteiger partial charge in [-0.1, -0.05) is 40.2 Å². The number of nitrogens with one attached hydrogen (secondary N) is 1. The van der Waals surface area contributed by atoms with Crippen LogP contribution in [-0.4, -0.2) is 15.3 Å². The number of amides is 1. The van der Waals surface area contributed by atoms with E-state index in [0.717, 1.165) is 15.6 Å². The Hall–Kier alpha value is -2.47. The maximum Gasteiger partial charge on any atom is 0.270 e. The maximum absolute atomic E-state index is 12.5. The van der Waals surface area contributed by atoms with E-state index in [2.05, 4.69) is 26.2 Å². The molecule has 0 radical (unpaired) electrons. The van der Waals surface area contributed by atoms with E-state index in [-0.39, 0.29) is 11.1 Å². The molecule has 2 aromatic heterocycles. The Kier molecular flexibility index (Phi) is 4.25. The summed E-state index contributed by atoms with van der Waals surface area (Å²) in [5, 5.41) is 2.75. The van der Waals surface area contributed by atoms with E-state index in [0.29, 0.717) is 12.2 Å². The molecule has 0 atom stereocenters. The number of hydrogen-bond acceptors (Lipinski definition) is 3. The summed E-state index contributed by atoms with van der Waals surface area (Å²) in [6.07, 6.45) is 2.95. The zero-order valence-electron chi connectivity index (χ0n) is 12.4. The molecule has 0 bridgehead atoms. The van der Waals surface area contributed by atoms with Crippen LogP contribution in [0, 0.1) is 6.92 Å². The minimum Gasteiger partial charge on any atom is -0.348 e. The summed E-state index contributed by atoms with van der Waals surface area (Å²) in [4.78, 5) is 29.0. The minimum absolute atomic E-state index is 0.0279. The normalized spacial score (nSPS) is 10.7. The number of rotatable bonds is 3. The molecule has 5 nitrogen and oxygen atoms in total. The Bertz CT molecular complexity index is 950. The summed E-state index contributed by atoms with van der Waals surface area (Å²) in [7, 11) is 0. The number of carbonyl (C=O) groups is 1. The van der Waals surface area contributed by atoms with Crippen molar-refractivity contribution in [3.05, 3.63) is 80.3 Å². The Morgan fingerprint density at radius 1 is 1.26 bits per heavy atom. The van der Waals surface area contributed by atoms with Gasteiger partial charge in [0.05, 0.1) is 0 Å². The molecule has 1 aromatic carbocycles. The molecule has 0 saturated heterocycles. The zero-order chi connectivity index (χ0) is 16.4. The second kappa shape index (κ2) is 6.34. The number of nitrogens with zero attached hydrogens (tertiary/aromatic N) is 2. The fourth-order valence-electron chi connectivity index (χ4n) is 2.32. The van der Waals surface area contributed by atoms with Crippen molar-refractivity contribution in [2.24, 2.45) is 0 Å². The summed E-state index contributed by atoms with van der Waals surface area (Å²) >= 11 is 3.43. The highest BCUT2D eigenvalue weighted by Gasteiger charge is 2.14. The average Bonchev–Trinajstić information content (AvgIpc) is 2.55. The van der Waals surface area contributed by atoms with E-state index in [1.54, 1.807) is 12.3 Å². The molecule has 1 N–H and O–H groups in total. The first-order valence-corrected chi connectivity index (χ1v) is 7.86. The lowest BCUT2D eigenvalue weighted by Crippen LogP contribution is -2.31. The van der Waals surface area contributed by atoms with Gasteiger partial charge in [-0.3, -0.25) is 14.0 Å². The predicted molar refractivity (Wildman–Crippen MR) is 91.5 cm³/mol. The van der Waals surface area contributed by atoms with Crippen LogP contribution in [0.5, 0.6) is 0 Å². The fraction of sp³-hybridized carbons (Fsp3) is 0.118. The number of fused-ring (bicyclic) bond motifs is 1. The molecule has 116 valence electrons. The van der Waals surface area contributed by atoms with Crippen LogP contribution in [-0.2, 0) is 6.54 Å². The van der Waals surface area contributed by atoms with Crippen molar-refractivity contribution in [2.45, 2.75) is 13.5 Å². The van der Waals surface area contributed by atoms with Crippen molar-refractivity contribution in [2.75, 3.05) is 0 Å². The third-order valence-electron chi connectivity index (χ3n) is 3.57. The molecule has 0 spiro atoms. The first-order valence-electron chi connectivity index (χ1n) is 7.06. The summed E-state index contributed by atoms with van der Waals surface area (Å²) < 4.78 is 2.30. The Morgan fingerprint density at radius 2 is 2.04 bits per heavy atom. The van der Waals surface area contributed by atoms with E-state index in [1.807, 2.05) is 37.3 Å². The Labute approximate surface area is 141 Å². The van der Waals surface area contributed by atoms with Gasteiger partial charge in [-0.05, 0) is 30.2 Å². The molecule has 0 saturated carbocycles. The number of pyridine rings is 1. The van der Waals surface area contributed by atoms with E-state index in [4.69, 9.17) is 0 Å². The van der Waals surface area contributed by atoms with Gasteiger partial charge in [0.2, 0.25) is 0 Å². The maximum atomic E-state index is 12.5. The first-order chi connectivity index (χ1) is 11.1. The molecule has 6 heteroatoms. The van der Waals surface area contributed by atoms with E-state index in [9.17, 15) is 9.59 Å². The highest BCUT2D eigenvalue weighted by molar-refractivity contribution is 9.10. The molecular weight excluding hydrogens is 358 g/mol. The third kappa shape index (κ3) is 3.03. The predicted octanol–water partition coefficient (Wildman–Crippen LogP) is 2.70. The van der Waals surface area contributed by atoms with Gasteiger partial charge in [0.25, 0.3) is 11.5 Å². The number of aryl methyl sites for hydroxylation is 1. The quantitative estimate of drug-likeness (QED) is 0.769. The van der Waals surface area contributed by atoms with Gasteiger partial charge in [-0.25, -0.2) is 4.98 Å². The van der Waals surface area contributed by atoms with E-state index >= 15 is 0 Å². The molecule has 1 amide bonds. The summed E-state index contributed by atoms with van der Waals surface area (Å²) in [6, 6.07) is 11.2. The second-order valence-corrected chi connectivity index (χ2v) is 5.99. The van der Waals surface area contributed by atoms with Gasteiger partial charge >= 0.3 is 0 Å². The summed E-state index contributed by atoms with van der Waals surface area (Å²) in [6.45, 7) is 2.20. The van der Waals surface area contributed by atoms with E-state index < -0.39 is 5.91 Å². The molecule has 3 aromatic rings. The van der Waals surface area contributed by atoms with Gasteiger partial charge in [0, 0.05) is 23.4 Å². The fourth-order valence-corrected chi connectivity index (χ4v) is 2.74. The SMILES string of the molecule is Cc1cccn2c(=O)c(C(=O)NCc3ccccc3Br)cnc12. The van der Waals surface area contributed by atoms with Crippen LogP contribution >= 0.6 is 15.9 Å². The average molecular weight is 372 g/mol. The molecule has 0 aliphatic carbocycles. The zero-order valence-corrected chi connectivity index (χ0v) is 14.0. The molecule has 0 aliphatic heterocycles. The van der Waals surface area contributed by atoms with Crippen LogP contribution in [0.4, 0.5) is 0 Å². The first kappa shape index (κ1) is 15.4. The molecule has 3 rings (SSSR count). The number of benzene rings is 1. The van der Waals surface area contributed by atoms with Crippen molar-refractivity contribution in [3.8, 4) is 0 Å². The highest BCUT2D eigenvalue weighted by atomic mass is 79.9. The molecule has 23 heavy (non-hydrogen) atoms. The molecule has 0 aliphatic rings. The smallest absolute Gasteiger partial charge is 0.270 e. The summed E-state index contributed by atoms with van der Waals surface area (Å²) in [5.41, 5.74) is 2.03. The van der Waals surface area contributed by atoms with Crippen LogP contribution in [0.25, 0.3) is 5.65 Å². The topological polar surface area (TPSA) is 63.5 Å². The van der Waals surface area contributed by atoms with Gasteiger partial charge in [-0.2, -0.15) is 0 Å². The van der Waals surface area contributed by atoms with Crippen molar-refractivity contribution in [1.82, 2.24) is 14.7 Å². The second-order valence-electron chi connectivity index (χ2n) is 5.14. The van der Waals surface area contributed by atoms with Crippen LogP contribution < -0.4 is 10.9 Å². The lowest BCUT2D eigenvalue weighted by atomic mass is 10.2. The van der Waals surface area contributed by atoms with Crippen molar-refractivity contribution >= 4 is 27.5 Å². The molecule has 0 unspecified atom stereocenters. The number of hydrogen-bond donors (Lipinski definition) is 1. The monoisotopic (exact) mass is 371 g/mol. The minimum atomic E-state index is -0.436. The third-order valence-corrected chi connectivity index (χ3v) is 4.34. The van der Waals surface area contributed by atoms with Gasteiger partial charge in [-0.15, -0.1) is 0 Å². The Morgan fingerprint density at radius 3 is 2.83 bits per heavy atom. The van der Waals surface area contributed by atoms with Crippen LogP contribution in [0.1, 0.15) is 21.5 Å². The van der Waals surface area contributed by atoms with Crippen molar-refractivity contribution < 1.29 is 4.79 Å². The molecular formula is C17H14BrN3O2. The summed E-state index contributed by atoms with van der Waals surface area (Å²) in [5.74, 6) is -0.436. The van der Waals surface area contributed by atoms with Gasteiger partial charge < -0.3 is 5.32 Å². The standard InChI is InChI=1S/C17H14BrN3O2/c1-11-5-4-8-21-15(11)19-10-13(17(21)23)16(22)20-9-12-6-2-3-7-14(12)18/h2-8,10H,9H2,1H3,(H,20,22). The van der Waals surface area contributed by atoms with Gasteiger partial charge in [0.1, 0.15) is 11.2 Å². The Balaban J connectivity index is 1.88. The van der Waals surface area contributed by atoms with Crippen LogP contribution in [0.15, 0.2) is 58.1 Å². The van der Waals surface area contributed by atoms with Crippen molar-refractivity contribution in [1.29, 1.82) is 0 Å². The van der Waals surface area contributed by atoms with E-state index in [1.165, 1.54) is 10.6 Å². The van der Waals surface area contributed by atoms with Crippen molar-refractivity contribution in [3.63, 3.8) is 0 Å². The largest absolute Gasteiger partial charge is 0.348 e. The lowest BCUT2D eigenvalue weighted by Gasteiger charge is -2.08.